The molecule has 2 aromatic heterocycles. The lowest BCUT2D eigenvalue weighted by Gasteiger charge is -2.43. The number of halogens is 2. The molecule has 46 heavy (non-hydrogen) atoms. The van der Waals surface area contributed by atoms with Crippen molar-refractivity contribution in [2.24, 2.45) is 0 Å². The zero-order valence-corrected chi connectivity index (χ0v) is 25.5. The lowest BCUT2D eigenvalue weighted by molar-refractivity contribution is -0.139. The van der Waals surface area contributed by atoms with Crippen molar-refractivity contribution in [2.75, 3.05) is 25.1 Å². The maximum absolute atomic E-state index is 15.0. The van der Waals surface area contributed by atoms with E-state index in [1.165, 1.54) is 12.3 Å². The fourth-order valence-electron chi connectivity index (χ4n) is 7.42. The molecule has 238 valence electrons. The minimum absolute atomic E-state index is 0.123. The molecule has 0 saturated carbocycles. The van der Waals surface area contributed by atoms with Crippen LogP contribution in [0.2, 0.25) is 0 Å². The highest BCUT2D eigenvalue weighted by Crippen LogP contribution is 2.46. The number of carbonyl (C=O) groups excluding carboxylic acids is 3. The predicted octanol–water partition coefficient (Wildman–Crippen LogP) is 4.46. The van der Waals surface area contributed by atoms with Gasteiger partial charge in [0.25, 0.3) is 5.91 Å². The number of rotatable bonds is 1. The Morgan fingerprint density at radius 2 is 1.91 bits per heavy atom. The first-order valence-electron chi connectivity index (χ1n) is 15.8. The predicted molar refractivity (Wildman–Crippen MR) is 166 cm³/mol. The number of carbonyl (C=O) groups is 3. The Morgan fingerprint density at radius 3 is 2.78 bits per heavy atom. The molecule has 5 heterocycles. The van der Waals surface area contributed by atoms with Crippen molar-refractivity contribution in [3.8, 4) is 0 Å². The van der Waals surface area contributed by atoms with E-state index >= 15 is 4.39 Å². The Bertz CT molecular complexity index is 1760. The fourth-order valence-corrected chi connectivity index (χ4v) is 7.42. The van der Waals surface area contributed by atoms with Crippen LogP contribution in [-0.2, 0) is 32.6 Å². The van der Waals surface area contributed by atoms with Gasteiger partial charge in [-0.1, -0.05) is 24.3 Å². The van der Waals surface area contributed by atoms with Gasteiger partial charge < -0.3 is 20.3 Å². The number of pyridine rings is 2. The Hall–Kier alpha value is -4.51. The number of benzene rings is 1. The molecule has 3 aliphatic heterocycles. The van der Waals surface area contributed by atoms with E-state index in [9.17, 15) is 18.8 Å². The fraction of sp³-hybridized carbons (Fsp3) is 0.400. The van der Waals surface area contributed by atoms with Gasteiger partial charge >= 0.3 is 0 Å². The molecule has 0 radical (unpaired) electrons. The molecule has 11 heteroatoms. The van der Waals surface area contributed by atoms with Gasteiger partial charge in [-0.05, 0) is 73.9 Å². The summed E-state index contributed by atoms with van der Waals surface area (Å²) < 4.78 is 35.1. The molecule has 1 fully saturated rings. The topological polar surface area (TPSA) is 114 Å². The van der Waals surface area contributed by atoms with Crippen LogP contribution in [0.1, 0.15) is 76.8 Å². The molecule has 4 aliphatic rings. The van der Waals surface area contributed by atoms with Crippen LogP contribution in [0.3, 0.4) is 0 Å². The largest absolute Gasteiger partial charge is 0.377 e. The first-order valence-corrected chi connectivity index (χ1v) is 15.8. The Labute approximate surface area is 265 Å². The van der Waals surface area contributed by atoms with Crippen molar-refractivity contribution in [3.05, 3.63) is 93.9 Å². The average Bonchev–Trinajstić information content (AvgIpc) is 3.56. The van der Waals surface area contributed by atoms with E-state index in [4.69, 9.17) is 4.74 Å². The quantitative estimate of drug-likeness (QED) is 0.412. The van der Waals surface area contributed by atoms with Crippen molar-refractivity contribution in [1.82, 2.24) is 20.2 Å². The second-order valence-corrected chi connectivity index (χ2v) is 12.7. The van der Waals surface area contributed by atoms with Gasteiger partial charge in [-0.2, -0.15) is 0 Å². The molecule has 7 rings (SSSR count). The van der Waals surface area contributed by atoms with E-state index in [1.807, 2.05) is 25.1 Å². The number of aromatic nitrogens is 2. The zero-order chi connectivity index (χ0) is 32.0. The monoisotopic (exact) mass is 627 g/mol. The highest BCUT2D eigenvalue weighted by atomic mass is 19.2. The summed E-state index contributed by atoms with van der Waals surface area (Å²) in [7, 11) is 0. The van der Waals surface area contributed by atoms with E-state index in [-0.39, 0.29) is 29.4 Å². The van der Waals surface area contributed by atoms with Gasteiger partial charge in [0.1, 0.15) is 11.9 Å². The molecular formula is C35H35F2N5O4. The van der Waals surface area contributed by atoms with E-state index in [2.05, 4.69) is 20.6 Å². The smallest absolute Gasteiger partial charge is 0.253 e. The van der Waals surface area contributed by atoms with Crippen molar-refractivity contribution < 1.29 is 27.9 Å². The minimum Gasteiger partial charge on any atom is -0.377 e. The molecule has 4 atom stereocenters. The van der Waals surface area contributed by atoms with Crippen LogP contribution in [0.15, 0.2) is 48.8 Å². The standard InChI is InChI=1S/C35H35F2N5O4/c1-20-25(24-8-5-9-27(36)30(24)37)15-28-33(44)42(20)10-3-2-4-11-46-12-6-7-21-13-26-31(39-18-21)41-34(45)35(26)16-22-14-23(32(43)40-28)19-38-29(22)17-35/h5-9,13-14,18-20,25,28H,2-4,10-12,15-17H2,1H3,(H,40,43)(H,39,41,45)/b7-6-/t20?,25?,28?,35-/m0/s1. The highest BCUT2D eigenvalue weighted by Gasteiger charge is 2.52. The number of fused-ring (bicyclic) bond motifs is 4. The number of piperidine rings is 1. The van der Waals surface area contributed by atoms with Crippen LogP contribution in [0.25, 0.3) is 6.08 Å². The normalized spacial score (nSPS) is 27.1. The Morgan fingerprint density at radius 1 is 1.04 bits per heavy atom. The third-order valence-corrected chi connectivity index (χ3v) is 9.92. The van der Waals surface area contributed by atoms with Crippen LogP contribution >= 0.6 is 0 Å². The van der Waals surface area contributed by atoms with Gasteiger partial charge in [0.05, 0.1) is 17.6 Å². The summed E-state index contributed by atoms with van der Waals surface area (Å²) in [5.74, 6) is -2.80. The van der Waals surface area contributed by atoms with Crippen molar-refractivity contribution >= 4 is 29.6 Å². The first kappa shape index (κ1) is 30.2. The van der Waals surface area contributed by atoms with Gasteiger partial charge in [0.2, 0.25) is 11.8 Å². The summed E-state index contributed by atoms with van der Waals surface area (Å²) in [5.41, 5.74) is 2.72. The number of hydrogen-bond donors (Lipinski definition) is 2. The number of hydrogen-bond acceptors (Lipinski definition) is 6. The van der Waals surface area contributed by atoms with Crippen LogP contribution in [-0.4, -0.2) is 64.4 Å². The van der Waals surface area contributed by atoms with Crippen molar-refractivity contribution in [3.63, 3.8) is 0 Å². The lowest BCUT2D eigenvalue weighted by Crippen LogP contribution is -2.58. The summed E-state index contributed by atoms with van der Waals surface area (Å²) in [6, 6.07) is 6.44. The van der Waals surface area contributed by atoms with Gasteiger partial charge in [0.15, 0.2) is 11.6 Å². The van der Waals surface area contributed by atoms with E-state index in [1.54, 1.807) is 23.2 Å². The number of amides is 3. The second-order valence-electron chi connectivity index (χ2n) is 12.7. The van der Waals surface area contributed by atoms with Crippen LogP contribution in [0.4, 0.5) is 14.6 Å². The molecule has 3 amide bonds. The molecule has 9 nitrogen and oxygen atoms in total. The number of ether oxygens (including phenoxy) is 1. The average molecular weight is 628 g/mol. The summed E-state index contributed by atoms with van der Waals surface area (Å²) in [6.07, 6.45) is 10.2. The van der Waals surface area contributed by atoms with Gasteiger partial charge in [-0.25, -0.2) is 13.8 Å². The molecule has 1 aromatic carbocycles. The SMILES string of the molecule is CC1C(c2cccc(F)c2F)CC2NC(=O)c3cnc4c(c3)C[C@@]3(C4)C(=O)Nc4ncc(cc43)/C=C\COCCCCCN1C2=O. The third kappa shape index (κ3) is 5.26. The molecule has 3 aromatic rings. The Balaban J connectivity index is 1.21. The van der Waals surface area contributed by atoms with E-state index < -0.39 is 41.0 Å². The van der Waals surface area contributed by atoms with Crippen LogP contribution in [0, 0.1) is 11.6 Å². The van der Waals surface area contributed by atoms with E-state index in [0.717, 1.165) is 41.3 Å². The van der Waals surface area contributed by atoms with E-state index in [0.29, 0.717) is 44.8 Å². The molecule has 1 aliphatic carbocycles. The first-order chi connectivity index (χ1) is 22.2. The molecule has 2 N–H and O–H groups in total. The van der Waals surface area contributed by atoms with Gasteiger partial charge in [-0.3, -0.25) is 19.4 Å². The van der Waals surface area contributed by atoms with Crippen molar-refractivity contribution in [2.45, 2.75) is 68.9 Å². The maximum atomic E-state index is 15.0. The number of nitrogens with zero attached hydrogens (tertiary/aromatic N) is 3. The Kier molecular flexibility index (Phi) is 7.88. The summed E-state index contributed by atoms with van der Waals surface area (Å²) >= 11 is 0. The molecular weight excluding hydrogens is 592 g/mol. The van der Waals surface area contributed by atoms with Crippen LogP contribution < -0.4 is 10.6 Å². The zero-order valence-electron chi connectivity index (χ0n) is 25.5. The molecule has 1 spiro atoms. The van der Waals surface area contributed by atoms with Crippen LogP contribution in [0.5, 0.6) is 0 Å². The molecule has 3 unspecified atom stereocenters. The highest BCUT2D eigenvalue weighted by molar-refractivity contribution is 6.06. The van der Waals surface area contributed by atoms with Gasteiger partial charge in [-0.15, -0.1) is 0 Å². The third-order valence-electron chi connectivity index (χ3n) is 9.92. The van der Waals surface area contributed by atoms with Crippen molar-refractivity contribution in [1.29, 1.82) is 0 Å². The number of anilines is 1. The van der Waals surface area contributed by atoms with Gasteiger partial charge in [0, 0.05) is 55.2 Å². The molecule has 1 saturated heterocycles. The number of nitrogens with one attached hydrogen (secondary N) is 2. The summed E-state index contributed by atoms with van der Waals surface area (Å²) in [4.78, 5) is 51.6. The maximum Gasteiger partial charge on any atom is 0.253 e. The minimum atomic E-state index is -0.948. The summed E-state index contributed by atoms with van der Waals surface area (Å²) in [6.45, 7) is 3.22. The molecule has 7 bridgehead atoms. The lowest BCUT2D eigenvalue weighted by atomic mass is 9.79. The summed E-state index contributed by atoms with van der Waals surface area (Å²) in [5, 5.41) is 5.80. The second kappa shape index (κ2) is 12.0.